The smallest absolute Gasteiger partial charge is 0.256 e. The molecule has 1 aromatic heterocycles. The van der Waals surface area contributed by atoms with Gasteiger partial charge in [-0.2, -0.15) is 0 Å². The molecule has 30 heavy (non-hydrogen) atoms. The zero-order valence-corrected chi connectivity index (χ0v) is 16.1. The van der Waals surface area contributed by atoms with Crippen LogP contribution in [0, 0.1) is 5.82 Å². The molecule has 7 nitrogen and oxygen atoms in total. The molecular formula is C22H21FN2O5. The third-order valence-corrected chi connectivity index (χ3v) is 5.05. The molecule has 1 aliphatic carbocycles. The largest absolute Gasteiger partial charge is 0.489 e. The summed E-state index contributed by atoms with van der Waals surface area (Å²) in [5.41, 5.74) is 6.42. The maximum atomic E-state index is 13.8. The predicted molar refractivity (Wildman–Crippen MR) is 106 cm³/mol. The van der Waals surface area contributed by atoms with E-state index in [1.807, 2.05) is 0 Å². The Kier molecular flexibility index (Phi) is 5.41. The average Bonchev–Trinajstić information content (AvgIpc) is 3.51. The Balaban J connectivity index is 1.65. The number of hydrogen-bond donors (Lipinski definition) is 3. The molecule has 4 rings (SSSR count). The number of ether oxygens (including phenoxy) is 1. The molecule has 2 amide bonds. The van der Waals surface area contributed by atoms with Gasteiger partial charge in [0.2, 0.25) is 5.91 Å². The van der Waals surface area contributed by atoms with E-state index in [2.05, 4.69) is 5.32 Å². The third kappa shape index (κ3) is 3.99. The van der Waals surface area contributed by atoms with Gasteiger partial charge in [0.15, 0.2) is 0 Å². The number of aliphatic hydroxyl groups excluding tert-OH is 1. The van der Waals surface area contributed by atoms with Crippen molar-refractivity contribution in [3.8, 4) is 5.75 Å². The van der Waals surface area contributed by atoms with Crippen molar-refractivity contribution >= 4 is 22.8 Å². The number of furan rings is 1. The van der Waals surface area contributed by atoms with Crippen molar-refractivity contribution in [1.82, 2.24) is 5.32 Å². The number of carbonyl (C=O) groups is 2. The van der Waals surface area contributed by atoms with Gasteiger partial charge in [-0.25, -0.2) is 4.39 Å². The molecule has 1 heterocycles. The molecule has 0 spiro atoms. The van der Waals surface area contributed by atoms with Crippen LogP contribution in [0.3, 0.4) is 0 Å². The highest BCUT2D eigenvalue weighted by atomic mass is 19.1. The quantitative estimate of drug-likeness (QED) is 0.526. The van der Waals surface area contributed by atoms with Crippen LogP contribution in [0.2, 0.25) is 0 Å². The first-order valence-corrected chi connectivity index (χ1v) is 9.61. The fourth-order valence-corrected chi connectivity index (χ4v) is 3.27. The lowest BCUT2D eigenvalue weighted by atomic mass is 10.1. The van der Waals surface area contributed by atoms with E-state index < -0.39 is 24.5 Å². The Hall–Kier alpha value is -3.39. The summed E-state index contributed by atoms with van der Waals surface area (Å²) < 4.78 is 25.4. The van der Waals surface area contributed by atoms with E-state index in [9.17, 15) is 19.1 Å². The van der Waals surface area contributed by atoms with Gasteiger partial charge in [-0.1, -0.05) is 18.2 Å². The maximum absolute atomic E-state index is 13.8. The summed E-state index contributed by atoms with van der Waals surface area (Å²) in [6.45, 7) is -0.575. The van der Waals surface area contributed by atoms with Crippen LogP contribution in [-0.4, -0.2) is 29.6 Å². The molecule has 0 bridgehead atoms. The van der Waals surface area contributed by atoms with Crippen LogP contribution in [0.5, 0.6) is 5.75 Å². The first-order valence-electron chi connectivity index (χ1n) is 9.61. The summed E-state index contributed by atoms with van der Waals surface area (Å²) in [7, 11) is 0. The predicted octanol–water partition coefficient (Wildman–Crippen LogP) is 2.60. The second-order valence-corrected chi connectivity index (χ2v) is 7.26. The van der Waals surface area contributed by atoms with Crippen molar-refractivity contribution in [3.05, 3.63) is 65.2 Å². The summed E-state index contributed by atoms with van der Waals surface area (Å²) in [5, 5.41) is 12.3. The zero-order chi connectivity index (χ0) is 21.3. The summed E-state index contributed by atoms with van der Waals surface area (Å²) in [4.78, 5) is 24.3. The van der Waals surface area contributed by atoms with Crippen LogP contribution in [0.25, 0.3) is 11.0 Å². The van der Waals surface area contributed by atoms with E-state index in [1.165, 1.54) is 6.07 Å². The minimum Gasteiger partial charge on any atom is -0.489 e. The number of fused-ring (bicyclic) bond motifs is 1. The number of carbonyl (C=O) groups excluding carboxylic acids is 2. The van der Waals surface area contributed by atoms with Crippen molar-refractivity contribution in [2.45, 2.75) is 31.4 Å². The van der Waals surface area contributed by atoms with Crippen molar-refractivity contribution in [1.29, 1.82) is 0 Å². The molecule has 156 valence electrons. The molecule has 1 atom stereocenters. The Morgan fingerprint density at radius 3 is 2.70 bits per heavy atom. The number of benzene rings is 2. The summed E-state index contributed by atoms with van der Waals surface area (Å²) >= 11 is 0. The number of nitrogens with two attached hydrogens (primary N) is 1. The molecule has 3 aromatic rings. The Bertz CT molecular complexity index is 1110. The molecule has 8 heteroatoms. The lowest BCUT2D eigenvalue weighted by molar-refractivity contribution is -0.120. The van der Waals surface area contributed by atoms with Crippen molar-refractivity contribution in [3.63, 3.8) is 0 Å². The normalized spacial score (nSPS) is 14.5. The van der Waals surface area contributed by atoms with Gasteiger partial charge in [0.1, 0.15) is 35.6 Å². The van der Waals surface area contributed by atoms with Crippen LogP contribution >= 0.6 is 0 Å². The van der Waals surface area contributed by atoms with Crippen molar-refractivity contribution < 1.29 is 28.2 Å². The Labute approximate surface area is 171 Å². The monoisotopic (exact) mass is 412 g/mol. The van der Waals surface area contributed by atoms with Crippen LogP contribution in [0.15, 0.2) is 46.9 Å². The molecule has 4 N–H and O–H groups in total. The minimum absolute atomic E-state index is 0.0291. The number of rotatable bonds is 8. The van der Waals surface area contributed by atoms with Gasteiger partial charge in [0, 0.05) is 16.9 Å². The first-order chi connectivity index (χ1) is 14.5. The number of halogens is 1. The highest BCUT2D eigenvalue weighted by Gasteiger charge is 2.34. The highest BCUT2D eigenvalue weighted by Crippen LogP contribution is 2.45. The lowest BCUT2D eigenvalue weighted by Crippen LogP contribution is -2.46. The molecule has 1 unspecified atom stereocenters. The fourth-order valence-electron chi connectivity index (χ4n) is 3.27. The number of hydrogen-bond acceptors (Lipinski definition) is 5. The zero-order valence-electron chi connectivity index (χ0n) is 16.1. The Morgan fingerprint density at radius 2 is 2.03 bits per heavy atom. The van der Waals surface area contributed by atoms with Crippen LogP contribution in [0.4, 0.5) is 4.39 Å². The fraction of sp³-hybridized carbons (Fsp3) is 0.273. The van der Waals surface area contributed by atoms with E-state index in [1.54, 1.807) is 36.4 Å². The highest BCUT2D eigenvalue weighted by molar-refractivity contribution is 6.09. The van der Waals surface area contributed by atoms with Crippen molar-refractivity contribution in [2.75, 3.05) is 6.61 Å². The molecule has 1 fully saturated rings. The molecule has 0 radical (unpaired) electrons. The number of nitrogens with one attached hydrogen (secondary N) is 1. The number of aliphatic hydroxyl groups is 1. The van der Waals surface area contributed by atoms with E-state index in [0.29, 0.717) is 33.6 Å². The number of amides is 2. The topological polar surface area (TPSA) is 115 Å². The van der Waals surface area contributed by atoms with Gasteiger partial charge >= 0.3 is 0 Å². The van der Waals surface area contributed by atoms with Gasteiger partial charge in [-0.15, -0.1) is 0 Å². The molecule has 1 saturated carbocycles. The average molecular weight is 412 g/mol. The van der Waals surface area contributed by atoms with Gasteiger partial charge in [0.25, 0.3) is 5.91 Å². The second-order valence-electron chi connectivity index (χ2n) is 7.26. The van der Waals surface area contributed by atoms with Crippen LogP contribution in [0.1, 0.15) is 40.4 Å². The number of primary amides is 1. The standard InChI is InChI=1S/C22H21FN2O5/c23-16-4-2-1-3-13(16)11-29-14-7-8-18-15(9-14)19(20(30-18)12-5-6-12)22(28)25-17(10-26)21(24)27/h1-4,7-9,12,17,26H,5-6,10-11H2,(H2,24,27)(H,25,28). The maximum Gasteiger partial charge on any atom is 0.256 e. The van der Waals surface area contributed by atoms with E-state index in [-0.39, 0.29) is 18.3 Å². The summed E-state index contributed by atoms with van der Waals surface area (Å²) in [6, 6.07) is 10.1. The molecular weight excluding hydrogens is 391 g/mol. The van der Waals surface area contributed by atoms with E-state index in [4.69, 9.17) is 14.9 Å². The summed E-state index contributed by atoms with van der Waals surface area (Å²) in [6.07, 6.45) is 1.80. The van der Waals surface area contributed by atoms with Gasteiger partial charge < -0.3 is 25.3 Å². The van der Waals surface area contributed by atoms with Crippen LogP contribution < -0.4 is 15.8 Å². The van der Waals surface area contributed by atoms with E-state index >= 15 is 0 Å². The molecule has 2 aromatic carbocycles. The minimum atomic E-state index is -1.20. The molecule has 0 saturated heterocycles. The van der Waals surface area contributed by atoms with Crippen LogP contribution in [-0.2, 0) is 11.4 Å². The SMILES string of the molecule is NC(=O)C(CO)NC(=O)c1c(C2CC2)oc2ccc(OCc3ccccc3F)cc12. The second kappa shape index (κ2) is 8.16. The molecule has 1 aliphatic rings. The summed E-state index contributed by atoms with van der Waals surface area (Å²) in [5.74, 6) is -0.645. The third-order valence-electron chi connectivity index (χ3n) is 5.05. The first kappa shape index (κ1) is 19.9. The van der Waals surface area contributed by atoms with E-state index in [0.717, 1.165) is 12.8 Å². The van der Waals surface area contributed by atoms with Gasteiger partial charge in [-0.05, 0) is 37.1 Å². The lowest BCUT2D eigenvalue weighted by Gasteiger charge is -2.13. The molecule has 0 aliphatic heterocycles. The van der Waals surface area contributed by atoms with Gasteiger partial charge in [-0.3, -0.25) is 9.59 Å². The Morgan fingerprint density at radius 1 is 1.27 bits per heavy atom. The van der Waals surface area contributed by atoms with Crippen molar-refractivity contribution in [2.24, 2.45) is 5.73 Å². The van der Waals surface area contributed by atoms with Gasteiger partial charge in [0.05, 0.1) is 12.2 Å².